The van der Waals surface area contributed by atoms with Gasteiger partial charge in [-0.25, -0.2) is 9.97 Å². The number of nitrogens with one attached hydrogen (secondary N) is 2. The molecule has 0 spiro atoms. The molecule has 174 valence electrons. The van der Waals surface area contributed by atoms with E-state index in [0.29, 0.717) is 28.0 Å². The lowest BCUT2D eigenvalue weighted by molar-refractivity contribution is -0.121. The van der Waals surface area contributed by atoms with Gasteiger partial charge in [-0.15, -0.1) is 0 Å². The van der Waals surface area contributed by atoms with Crippen LogP contribution >= 0.6 is 0 Å². The summed E-state index contributed by atoms with van der Waals surface area (Å²) in [6.45, 7) is 0. The van der Waals surface area contributed by atoms with Crippen LogP contribution in [-0.4, -0.2) is 33.5 Å². The van der Waals surface area contributed by atoms with Crippen LogP contribution in [0.5, 0.6) is 5.75 Å². The summed E-state index contributed by atoms with van der Waals surface area (Å²) in [4.78, 5) is 34.9. The number of imidazole rings is 1. The maximum Gasteiger partial charge on any atom is 0.270 e. The Balaban J connectivity index is 1.36. The van der Waals surface area contributed by atoms with Crippen molar-refractivity contribution in [3.8, 4) is 17.0 Å². The van der Waals surface area contributed by atoms with E-state index >= 15 is 0 Å². The monoisotopic (exact) mass is 465 g/mol. The van der Waals surface area contributed by atoms with Crippen LogP contribution in [0.25, 0.3) is 33.2 Å². The number of hydrazine groups is 1. The fourth-order valence-corrected chi connectivity index (χ4v) is 4.01. The Hall–Kier alpha value is -4.72. The van der Waals surface area contributed by atoms with E-state index in [1.807, 2.05) is 84.4 Å². The van der Waals surface area contributed by atoms with Crippen LogP contribution in [0, 0.1) is 0 Å². The molecule has 5 aromatic rings. The minimum Gasteiger partial charge on any atom is -0.497 e. The van der Waals surface area contributed by atoms with Gasteiger partial charge in [0, 0.05) is 18.0 Å². The fourth-order valence-electron chi connectivity index (χ4n) is 4.01. The van der Waals surface area contributed by atoms with E-state index in [1.54, 1.807) is 13.2 Å². The molecule has 0 aliphatic rings. The second-order valence-corrected chi connectivity index (χ2v) is 8.06. The summed E-state index contributed by atoms with van der Waals surface area (Å²) < 4.78 is 7.10. The average molecular weight is 466 g/mol. The highest BCUT2D eigenvalue weighted by molar-refractivity contribution is 6.07. The maximum atomic E-state index is 13.1. The lowest BCUT2D eigenvalue weighted by Gasteiger charge is -2.12. The number of hydrogen-bond donors (Lipinski definition) is 2. The molecule has 5 rings (SSSR count). The van der Waals surface area contributed by atoms with Gasteiger partial charge in [0.1, 0.15) is 11.6 Å². The first-order valence-electron chi connectivity index (χ1n) is 11.1. The van der Waals surface area contributed by atoms with Gasteiger partial charge < -0.3 is 9.30 Å². The van der Waals surface area contributed by atoms with E-state index in [2.05, 4.69) is 15.8 Å². The standard InChI is InChI=1S/C27H23N5O3/c1-32-24-10-6-5-9-22(24)29-25(32)16-26(33)30-31-27(34)20-15-23(17-11-13-18(35-2)14-12-17)28-21-8-4-3-7-19(20)21/h3-15H,16H2,1-2H3,(H,30,33)(H,31,34). The number of nitrogens with zero attached hydrogens (tertiary/aromatic N) is 3. The summed E-state index contributed by atoms with van der Waals surface area (Å²) >= 11 is 0. The molecule has 0 fully saturated rings. The molecule has 0 aliphatic heterocycles. The van der Waals surface area contributed by atoms with Crippen molar-refractivity contribution in [1.82, 2.24) is 25.4 Å². The van der Waals surface area contributed by atoms with Crippen LogP contribution in [0.15, 0.2) is 78.9 Å². The molecule has 8 heteroatoms. The summed E-state index contributed by atoms with van der Waals surface area (Å²) in [6, 6.07) is 24.2. The maximum absolute atomic E-state index is 13.1. The van der Waals surface area contributed by atoms with E-state index in [0.717, 1.165) is 22.3 Å². The van der Waals surface area contributed by atoms with Gasteiger partial charge in [0.2, 0.25) is 5.91 Å². The number of hydrogen-bond acceptors (Lipinski definition) is 5. The Morgan fingerprint density at radius 3 is 2.34 bits per heavy atom. The zero-order valence-electron chi connectivity index (χ0n) is 19.3. The highest BCUT2D eigenvalue weighted by Gasteiger charge is 2.16. The Kier molecular flexibility index (Phi) is 5.85. The summed E-state index contributed by atoms with van der Waals surface area (Å²) in [7, 11) is 3.47. The first kappa shape index (κ1) is 22.1. The first-order chi connectivity index (χ1) is 17.0. The van der Waals surface area contributed by atoms with Crippen molar-refractivity contribution in [2.45, 2.75) is 6.42 Å². The number of pyridine rings is 1. The van der Waals surface area contributed by atoms with Crippen molar-refractivity contribution in [2.75, 3.05) is 7.11 Å². The van der Waals surface area contributed by atoms with Gasteiger partial charge in [-0.2, -0.15) is 0 Å². The van der Waals surface area contributed by atoms with Crippen molar-refractivity contribution < 1.29 is 14.3 Å². The highest BCUT2D eigenvalue weighted by Crippen LogP contribution is 2.26. The summed E-state index contributed by atoms with van der Waals surface area (Å²) in [5.74, 6) is 0.534. The Bertz CT molecular complexity index is 1560. The lowest BCUT2D eigenvalue weighted by atomic mass is 10.0. The quantitative estimate of drug-likeness (QED) is 0.385. The van der Waals surface area contributed by atoms with Gasteiger partial charge in [0.15, 0.2) is 0 Å². The van der Waals surface area contributed by atoms with Gasteiger partial charge in [0.05, 0.1) is 41.3 Å². The minimum absolute atomic E-state index is 0.0274. The smallest absolute Gasteiger partial charge is 0.270 e. The van der Waals surface area contributed by atoms with Gasteiger partial charge in [0.25, 0.3) is 5.91 Å². The number of carbonyl (C=O) groups excluding carboxylic acids is 2. The zero-order chi connectivity index (χ0) is 24.4. The minimum atomic E-state index is -0.434. The number of para-hydroxylation sites is 3. The van der Waals surface area contributed by atoms with Gasteiger partial charge in [-0.1, -0.05) is 30.3 Å². The van der Waals surface area contributed by atoms with E-state index in [9.17, 15) is 9.59 Å². The second kappa shape index (κ2) is 9.26. The third kappa shape index (κ3) is 4.41. The van der Waals surface area contributed by atoms with Crippen molar-refractivity contribution in [3.63, 3.8) is 0 Å². The fraction of sp³-hybridized carbons (Fsp3) is 0.111. The van der Waals surface area contributed by atoms with E-state index in [-0.39, 0.29) is 12.3 Å². The van der Waals surface area contributed by atoms with E-state index in [4.69, 9.17) is 9.72 Å². The number of rotatable bonds is 5. The molecule has 2 aromatic heterocycles. The molecule has 3 aromatic carbocycles. The number of aromatic nitrogens is 3. The third-order valence-electron chi connectivity index (χ3n) is 5.86. The van der Waals surface area contributed by atoms with Gasteiger partial charge in [-0.3, -0.25) is 20.4 Å². The predicted octanol–water partition coefficient (Wildman–Crippen LogP) is 3.80. The number of benzene rings is 3. The number of methoxy groups -OCH3 is 1. The molecule has 0 atom stereocenters. The van der Waals surface area contributed by atoms with Gasteiger partial charge in [-0.05, 0) is 48.5 Å². The molecule has 0 saturated carbocycles. The molecular weight excluding hydrogens is 442 g/mol. The van der Waals surface area contributed by atoms with Crippen LogP contribution in [0.2, 0.25) is 0 Å². The van der Waals surface area contributed by atoms with Crippen LogP contribution in [0.4, 0.5) is 0 Å². The summed E-state index contributed by atoms with van der Waals surface area (Å²) in [6.07, 6.45) is 0.0274. The van der Waals surface area contributed by atoms with Crippen LogP contribution in [0.3, 0.4) is 0 Å². The number of fused-ring (bicyclic) bond motifs is 2. The van der Waals surface area contributed by atoms with Crippen LogP contribution in [-0.2, 0) is 18.3 Å². The van der Waals surface area contributed by atoms with E-state index < -0.39 is 5.91 Å². The largest absolute Gasteiger partial charge is 0.497 e. The molecule has 2 heterocycles. The number of ether oxygens (including phenoxy) is 1. The van der Waals surface area contributed by atoms with Crippen LogP contribution in [0.1, 0.15) is 16.2 Å². The average Bonchev–Trinajstić information content (AvgIpc) is 3.21. The summed E-state index contributed by atoms with van der Waals surface area (Å²) in [5, 5.41) is 0.687. The molecule has 35 heavy (non-hydrogen) atoms. The van der Waals surface area contributed by atoms with Crippen molar-refractivity contribution in [2.24, 2.45) is 7.05 Å². The lowest BCUT2D eigenvalue weighted by Crippen LogP contribution is -2.42. The van der Waals surface area contributed by atoms with Gasteiger partial charge >= 0.3 is 0 Å². The Morgan fingerprint density at radius 2 is 1.60 bits per heavy atom. The zero-order valence-corrected chi connectivity index (χ0v) is 19.3. The molecule has 2 amide bonds. The molecular formula is C27H23N5O3. The molecule has 8 nitrogen and oxygen atoms in total. The third-order valence-corrected chi connectivity index (χ3v) is 5.86. The highest BCUT2D eigenvalue weighted by atomic mass is 16.5. The van der Waals surface area contributed by atoms with Crippen molar-refractivity contribution in [1.29, 1.82) is 0 Å². The SMILES string of the molecule is COc1ccc(-c2cc(C(=O)NNC(=O)Cc3nc4ccccc4n3C)c3ccccc3n2)cc1. The van der Waals surface area contributed by atoms with E-state index in [1.165, 1.54) is 0 Å². The normalized spacial score (nSPS) is 10.9. The number of amides is 2. The second-order valence-electron chi connectivity index (χ2n) is 8.06. The number of aryl methyl sites for hydroxylation is 1. The first-order valence-corrected chi connectivity index (χ1v) is 11.1. The molecule has 0 unspecified atom stereocenters. The topological polar surface area (TPSA) is 98.1 Å². The Morgan fingerprint density at radius 1 is 0.886 bits per heavy atom. The summed E-state index contributed by atoms with van der Waals surface area (Å²) in [5.41, 5.74) is 9.37. The predicted molar refractivity (Wildman–Crippen MR) is 134 cm³/mol. The molecule has 0 bridgehead atoms. The molecule has 2 N–H and O–H groups in total. The number of carbonyl (C=O) groups is 2. The van der Waals surface area contributed by atoms with Crippen molar-refractivity contribution in [3.05, 3.63) is 90.3 Å². The van der Waals surface area contributed by atoms with Crippen LogP contribution < -0.4 is 15.6 Å². The Labute approximate surface area is 201 Å². The molecule has 0 saturated heterocycles. The van der Waals surface area contributed by atoms with Crippen molar-refractivity contribution >= 4 is 33.8 Å². The molecule has 0 radical (unpaired) electrons. The molecule has 0 aliphatic carbocycles.